The van der Waals surface area contributed by atoms with Gasteiger partial charge in [0.2, 0.25) is 5.91 Å². The van der Waals surface area contributed by atoms with Gasteiger partial charge in [0.15, 0.2) is 5.82 Å². The minimum Gasteiger partial charge on any atom is -0.330 e. The van der Waals surface area contributed by atoms with Crippen LogP contribution in [0.5, 0.6) is 0 Å². The fourth-order valence-electron chi connectivity index (χ4n) is 4.02. The number of carbonyl (C=O) groups excluding carboxylic acids is 1. The lowest BCUT2D eigenvalue weighted by molar-refractivity contribution is -0.118. The van der Waals surface area contributed by atoms with E-state index in [9.17, 15) is 4.79 Å². The summed E-state index contributed by atoms with van der Waals surface area (Å²) < 4.78 is 1.68. The van der Waals surface area contributed by atoms with Crippen LogP contribution in [0.2, 0.25) is 5.02 Å². The molecule has 0 saturated heterocycles. The third-order valence-electron chi connectivity index (χ3n) is 5.78. The highest BCUT2D eigenvalue weighted by atomic mass is 35.5. The monoisotopic (exact) mass is 424 g/mol. The van der Waals surface area contributed by atoms with Crippen molar-refractivity contribution in [3.05, 3.63) is 29.0 Å². The molecule has 152 valence electrons. The maximum Gasteiger partial charge on any atom is 0.224 e. The van der Waals surface area contributed by atoms with Crippen molar-refractivity contribution < 1.29 is 4.79 Å². The standard InChI is InChI=1S/C19H25ClN6O.ClH/c20-15-7-6-14(10-16(15)26-18(13-4-5-13)23-24-25-26)22-17(27)11-19(12-21)8-2-1-3-9-19;/h6-7,10,13H,1-5,8-9,11-12,21H2,(H,22,27);1H. The van der Waals surface area contributed by atoms with Crippen molar-refractivity contribution in [2.75, 3.05) is 11.9 Å². The van der Waals surface area contributed by atoms with Crippen LogP contribution in [0.3, 0.4) is 0 Å². The summed E-state index contributed by atoms with van der Waals surface area (Å²) >= 11 is 6.38. The van der Waals surface area contributed by atoms with Crippen molar-refractivity contribution >= 4 is 35.6 Å². The largest absolute Gasteiger partial charge is 0.330 e. The van der Waals surface area contributed by atoms with Gasteiger partial charge in [0, 0.05) is 18.0 Å². The number of tetrazole rings is 1. The number of benzene rings is 1. The number of nitrogens with zero attached hydrogens (tertiary/aromatic N) is 4. The summed E-state index contributed by atoms with van der Waals surface area (Å²) in [5.41, 5.74) is 7.33. The molecule has 0 radical (unpaired) electrons. The third kappa shape index (κ3) is 4.47. The van der Waals surface area contributed by atoms with Crippen molar-refractivity contribution in [3.63, 3.8) is 0 Å². The van der Waals surface area contributed by atoms with Crippen LogP contribution in [0.1, 0.15) is 63.1 Å². The average Bonchev–Trinajstić information content (AvgIpc) is 3.41. The predicted molar refractivity (Wildman–Crippen MR) is 111 cm³/mol. The Hall–Kier alpha value is -1.70. The molecule has 4 rings (SSSR count). The molecule has 1 heterocycles. The number of hydrogen-bond donors (Lipinski definition) is 2. The number of nitrogens with two attached hydrogens (primary N) is 1. The third-order valence-corrected chi connectivity index (χ3v) is 6.10. The van der Waals surface area contributed by atoms with E-state index < -0.39 is 0 Å². The zero-order valence-electron chi connectivity index (χ0n) is 15.7. The second kappa shape index (κ2) is 8.76. The molecule has 28 heavy (non-hydrogen) atoms. The number of carbonyl (C=O) groups is 1. The average molecular weight is 425 g/mol. The van der Waals surface area contributed by atoms with Gasteiger partial charge < -0.3 is 11.1 Å². The Morgan fingerprint density at radius 1 is 1.29 bits per heavy atom. The molecule has 2 fully saturated rings. The fraction of sp³-hybridized carbons (Fsp3) is 0.579. The summed E-state index contributed by atoms with van der Waals surface area (Å²) in [5.74, 6) is 1.21. The van der Waals surface area contributed by atoms with E-state index in [1.54, 1.807) is 16.8 Å². The van der Waals surface area contributed by atoms with Crippen molar-refractivity contribution in [1.82, 2.24) is 20.2 Å². The highest BCUT2D eigenvalue weighted by molar-refractivity contribution is 6.32. The lowest BCUT2D eigenvalue weighted by atomic mass is 9.71. The van der Waals surface area contributed by atoms with Crippen LogP contribution in [0.15, 0.2) is 18.2 Å². The first-order valence-corrected chi connectivity index (χ1v) is 10.1. The summed E-state index contributed by atoms with van der Waals surface area (Å²) in [6.07, 6.45) is 8.23. The zero-order valence-corrected chi connectivity index (χ0v) is 17.3. The SMILES string of the molecule is Cl.NCC1(CC(=O)Nc2ccc(Cl)c(-n3nnnc3C3CC3)c2)CCCCC1. The Kier molecular flexibility index (Phi) is 6.58. The van der Waals surface area contributed by atoms with Crippen LogP contribution < -0.4 is 11.1 Å². The Balaban J connectivity index is 0.00000225. The summed E-state index contributed by atoms with van der Waals surface area (Å²) in [5, 5.41) is 15.6. The van der Waals surface area contributed by atoms with Crippen LogP contribution in [-0.4, -0.2) is 32.7 Å². The molecule has 0 atom stereocenters. The van der Waals surface area contributed by atoms with E-state index in [-0.39, 0.29) is 23.7 Å². The van der Waals surface area contributed by atoms with E-state index in [0.29, 0.717) is 35.3 Å². The van der Waals surface area contributed by atoms with E-state index in [1.165, 1.54) is 6.42 Å². The molecule has 2 aliphatic rings. The predicted octanol–water partition coefficient (Wildman–Crippen LogP) is 3.85. The number of hydrogen-bond acceptors (Lipinski definition) is 5. The molecular formula is C19H26Cl2N6O. The van der Waals surface area contributed by atoms with Gasteiger partial charge in [0.25, 0.3) is 0 Å². The normalized spacial score (nSPS) is 18.4. The van der Waals surface area contributed by atoms with Crippen molar-refractivity contribution in [2.24, 2.45) is 11.1 Å². The molecule has 1 amide bonds. The van der Waals surface area contributed by atoms with Crippen LogP contribution in [0, 0.1) is 5.41 Å². The molecule has 0 aliphatic heterocycles. The first-order valence-electron chi connectivity index (χ1n) is 9.68. The number of aromatic nitrogens is 4. The van der Waals surface area contributed by atoms with Gasteiger partial charge >= 0.3 is 0 Å². The molecule has 9 heteroatoms. The smallest absolute Gasteiger partial charge is 0.224 e. The topological polar surface area (TPSA) is 98.7 Å². The molecule has 2 aliphatic carbocycles. The molecule has 1 aromatic carbocycles. The lowest BCUT2D eigenvalue weighted by Gasteiger charge is -2.35. The van der Waals surface area contributed by atoms with Gasteiger partial charge in [-0.25, -0.2) is 0 Å². The number of amides is 1. The van der Waals surface area contributed by atoms with Crippen LogP contribution in [-0.2, 0) is 4.79 Å². The van der Waals surface area contributed by atoms with Crippen molar-refractivity contribution in [3.8, 4) is 5.69 Å². The zero-order chi connectivity index (χ0) is 18.9. The van der Waals surface area contributed by atoms with Crippen LogP contribution in [0.4, 0.5) is 5.69 Å². The van der Waals surface area contributed by atoms with Gasteiger partial charge in [0.1, 0.15) is 0 Å². The molecule has 7 nitrogen and oxygen atoms in total. The second-order valence-electron chi connectivity index (χ2n) is 7.88. The summed E-state index contributed by atoms with van der Waals surface area (Å²) in [6, 6.07) is 5.41. The lowest BCUT2D eigenvalue weighted by Crippen LogP contribution is -2.36. The molecule has 0 bridgehead atoms. The van der Waals surface area contributed by atoms with Crippen molar-refractivity contribution in [2.45, 2.75) is 57.3 Å². The number of anilines is 1. The van der Waals surface area contributed by atoms with E-state index in [4.69, 9.17) is 17.3 Å². The van der Waals surface area contributed by atoms with Gasteiger partial charge in [-0.1, -0.05) is 30.9 Å². The maximum absolute atomic E-state index is 12.7. The Bertz CT molecular complexity index is 830. The Labute approximate surface area is 175 Å². The molecular weight excluding hydrogens is 399 g/mol. The van der Waals surface area contributed by atoms with Gasteiger partial charge in [-0.15, -0.1) is 17.5 Å². The van der Waals surface area contributed by atoms with E-state index in [0.717, 1.165) is 44.3 Å². The van der Waals surface area contributed by atoms with E-state index in [2.05, 4.69) is 20.8 Å². The molecule has 3 N–H and O–H groups in total. The first-order chi connectivity index (χ1) is 13.1. The maximum atomic E-state index is 12.7. The van der Waals surface area contributed by atoms with Crippen LogP contribution >= 0.6 is 24.0 Å². The Morgan fingerprint density at radius 3 is 2.71 bits per heavy atom. The summed E-state index contributed by atoms with van der Waals surface area (Å²) in [6.45, 7) is 0.557. The van der Waals surface area contributed by atoms with Crippen molar-refractivity contribution in [1.29, 1.82) is 0 Å². The van der Waals surface area contributed by atoms with Gasteiger partial charge in [-0.2, -0.15) is 4.68 Å². The molecule has 0 unspecified atom stereocenters. The van der Waals surface area contributed by atoms with Gasteiger partial charge in [-0.3, -0.25) is 4.79 Å². The summed E-state index contributed by atoms with van der Waals surface area (Å²) in [4.78, 5) is 12.7. The van der Waals surface area contributed by atoms with Gasteiger partial charge in [0.05, 0.1) is 10.7 Å². The molecule has 0 spiro atoms. The second-order valence-corrected chi connectivity index (χ2v) is 8.29. The summed E-state index contributed by atoms with van der Waals surface area (Å²) in [7, 11) is 0. The molecule has 1 aromatic heterocycles. The molecule has 2 aromatic rings. The highest BCUT2D eigenvalue weighted by Crippen LogP contribution is 2.40. The highest BCUT2D eigenvalue weighted by Gasteiger charge is 2.33. The van der Waals surface area contributed by atoms with E-state index in [1.807, 2.05) is 6.07 Å². The number of nitrogens with one attached hydrogen (secondary N) is 1. The van der Waals surface area contributed by atoms with Gasteiger partial charge in [-0.05, 0) is 66.3 Å². The number of rotatable bonds is 6. The first kappa shape index (κ1) is 21.0. The quantitative estimate of drug-likeness (QED) is 0.733. The Morgan fingerprint density at radius 2 is 2.04 bits per heavy atom. The number of halogens is 2. The van der Waals surface area contributed by atoms with E-state index >= 15 is 0 Å². The minimum atomic E-state index is -0.0629. The fourth-order valence-corrected chi connectivity index (χ4v) is 4.21. The van der Waals surface area contributed by atoms with Crippen LogP contribution in [0.25, 0.3) is 5.69 Å². The minimum absolute atomic E-state index is 0. The molecule has 2 saturated carbocycles.